The van der Waals surface area contributed by atoms with Gasteiger partial charge in [0.2, 0.25) is 5.95 Å². The van der Waals surface area contributed by atoms with Crippen molar-refractivity contribution in [3.63, 3.8) is 0 Å². The number of hydrogen-bond acceptors (Lipinski definition) is 5. The zero-order chi connectivity index (χ0) is 17.1. The van der Waals surface area contributed by atoms with E-state index in [-0.39, 0.29) is 5.91 Å². The lowest BCUT2D eigenvalue weighted by Gasteiger charge is -2.27. The minimum absolute atomic E-state index is 0.0910. The number of hydrogen-bond donors (Lipinski definition) is 1. The van der Waals surface area contributed by atoms with E-state index in [0.717, 1.165) is 36.3 Å². The molecule has 0 atom stereocenters. The van der Waals surface area contributed by atoms with E-state index in [1.54, 1.807) is 24.3 Å². The van der Waals surface area contributed by atoms with Gasteiger partial charge < -0.3 is 14.8 Å². The van der Waals surface area contributed by atoms with Crippen molar-refractivity contribution in [3.05, 3.63) is 35.2 Å². The molecule has 1 amide bonds. The first-order valence-corrected chi connectivity index (χ1v) is 8.39. The number of nitrogens with one attached hydrogen (secondary N) is 1. The molecule has 1 N–H and O–H groups in total. The summed E-state index contributed by atoms with van der Waals surface area (Å²) in [5.41, 5.74) is 2.25. The van der Waals surface area contributed by atoms with Gasteiger partial charge in [-0.3, -0.25) is 4.79 Å². The topological polar surface area (TPSA) is 78.0 Å². The number of nitrogens with zero attached hydrogens (tertiary/aromatic N) is 5. The first-order valence-electron chi connectivity index (χ1n) is 8.39. The molecule has 3 heterocycles. The standard InChI is InChI=1S/C17H24N6O/c1-12-9-18-15(20-12)11-22(3)16(24)14-10-19-17(21-13(14)2)23-7-5-4-6-8-23/h9-10H,4-8,11H2,1-3H3,(H,18,20). The molecule has 7 nitrogen and oxygen atoms in total. The van der Waals surface area contributed by atoms with Gasteiger partial charge in [-0.15, -0.1) is 0 Å². The van der Waals surface area contributed by atoms with Crippen molar-refractivity contribution in [3.8, 4) is 0 Å². The first-order chi connectivity index (χ1) is 11.5. The van der Waals surface area contributed by atoms with Crippen LogP contribution in [0.25, 0.3) is 0 Å². The van der Waals surface area contributed by atoms with E-state index in [4.69, 9.17) is 0 Å². The maximum Gasteiger partial charge on any atom is 0.257 e. The van der Waals surface area contributed by atoms with Crippen LogP contribution in [0, 0.1) is 13.8 Å². The van der Waals surface area contributed by atoms with Crippen LogP contribution in [0.3, 0.4) is 0 Å². The third-order valence-corrected chi connectivity index (χ3v) is 4.33. The minimum Gasteiger partial charge on any atom is -0.345 e. The van der Waals surface area contributed by atoms with Crippen LogP contribution in [0.2, 0.25) is 0 Å². The quantitative estimate of drug-likeness (QED) is 0.930. The summed E-state index contributed by atoms with van der Waals surface area (Å²) >= 11 is 0. The van der Waals surface area contributed by atoms with Crippen LogP contribution < -0.4 is 4.90 Å². The minimum atomic E-state index is -0.0910. The molecule has 0 bridgehead atoms. The number of aryl methyl sites for hydroxylation is 2. The highest BCUT2D eigenvalue weighted by Gasteiger charge is 2.19. The van der Waals surface area contributed by atoms with Crippen molar-refractivity contribution < 1.29 is 4.79 Å². The summed E-state index contributed by atoms with van der Waals surface area (Å²) in [7, 11) is 1.76. The highest BCUT2D eigenvalue weighted by molar-refractivity contribution is 5.94. The predicted octanol–water partition coefficient (Wildman–Crippen LogP) is 2.08. The Balaban J connectivity index is 1.72. The van der Waals surface area contributed by atoms with Crippen molar-refractivity contribution >= 4 is 11.9 Å². The molecule has 0 spiro atoms. The SMILES string of the molecule is Cc1cnc(CN(C)C(=O)c2cnc(N3CCCCC3)nc2C)[nH]1. The third-order valence-electron chi connectivity index (χ3n) is 4.33. The lowest BCUT2D eigenvalue weighted by atomic mass is 10.1. The number of carbonyl (C=O) groups excluding carboxylic acids is 1. The number of rotatable bonds is 4. The van der Waals surface area contributed by atoms with Crippen LogP contribution in [-0.2, 0) is 6.54 Å². The summed E-state index contributed by atoms with van der Waals surface area (Å²) in [6.07, 6.45) is 7.03. The molecular formula is C17H24N6O. The van der Waals surface area contributed by atoms with Gasteiger partial charge in [-0.1, -0.05) is 0 Å². The van der Waals surface area contributed by atoms with Gasteiger partial charge in [0.05, 0.1) is 17.8 Å². The zero-order valence-electron chi connectivity index (χ0n) is 14.5. The molecule has 1 saturated heterocycles. The van der Waals surface area contributed by atoms with Gasteiger partial charge in [0.25, 0.3) is 5.91 Å². The first kappa shape index (κ1) is 16.4. The molecular weight excluding hydrogens is 304 g/mol. The van der Waals surface area contributed by atoms with E-state index < -0.39 is 0 Å². The van der Waals surface area contributed by atoms with Gasteiger partial charge in [0, 0.05) is 38.2 Å². The zero-order valence-corrected chi connectivity index (χ0v) is 14.5. The molecule has 1 aliphatic rings. The lowest BCUT2D eigenvalue weighted by molar-refractivity contribution is 0.0780. The highest BCUT2D eigenvalue weighted by atomic mass is 16.2. The molecule has 128 valence electrons. The van der Waals surface area contributed by atoms with Crippen molar-refractivity contribution in [1.29, 1.82) is 0 Å². The summed E-state index contributed by atoms with van der Waals surface area (Å²) in [5.74, 6) is 1.41. The fraction of sp³-hybridized carbons (Fsp3) is 0.529. The van der Waals surface area contributed by atoms with E-state index >= 15 is 0 Å². The van der Waals surface area contributed by atoms with Crippen LogP contribution in [0.1, 0.15) is 46.8 Å². The maximum absolute atomic E-state index is 12.7. The molecule has 0 saturated carbocycles. The number of amides is 1. The Labute approximate surface area is 142 Å². The number of carbonyl (C=O) groups is 1. The van der Waals surface area contributed by atoms with Gasteiger partial charge in [0.1, 0.15) is 5.82 Å². The molecule has 24 heavy (non-hydrogen) atoms. The van der Waals surface area contributed by atoms with Crippen molar-refractivity contribution in [2.45, 2.75) is 39.7 Å². The fourth-order valence-electron chi connectivity index (χ4n) is 2.96. The van der Waals surface area contributed by atoms with Crippen LogP contribution in [-0.4, -0.2) is 50.9 Å². The Morgan fingerprint density at radius 3 is 2.58 bits per heavy atom. The number of aromatic amines is 1. The van der Waals surface area contributed by atoms with Crippen LogP contribution in [0.4, 0.5) is 5.95 Å². The van der Waals surface area contributed by atoms with Gasteiger partial charge in [0.15, 0.2) is 0 Å². The molecule has 1 aliphatic heterocycles. The molecule has 3 rings (SSSR count). The number of aromatic nitrogens is 4. The Hall–Kier alpha value is -2.44. The second-order valence-corrected chi connectivity index (χ2v) is 6.39. The second-order valence-electron chi connectivity index (χ2n) is 6.39. The van der Waals surface area contributed by atoms with E-state index in [0.29, 0.717) is 12.1 Å². The molecule has 0 radical (unpaired) electrons. The molecule has 2 aromatic heterocycles. The van der Waals surface area contributed by atoms with E-state index in [2.05, 4.69) is 24.8 Å². The summed E-state index contributed by atoms with van der Waals surface area (Å²) in [5, 5.41) is 0. The molecule has 0 aromatic carbocycles. The number of piperidine rings is 1. The lowest BCUT2D eigenvalue weighted by Crippen LogP contribution is -2.32. The predicted molar refractivity (Wildman–Crippen MR) is 92.0 cm³/mol. The highest BCUT2D eigenvalue weighted by Crippen LogP contribution is 2.17. The van der Waals surface area contributed by atoms with Gasteiger partial charge in [-0.05, 0) is 33.1 Å². The third kappa shape index (κ3) is 3.55. The summed E-state index contributed by atoms with van der Waals surface area (Å²) in [4.78, 5) is 32.8. The van der Waals surface area contributed by atoms with Gasteiger partial charge >= 0.3 is 0 Å². The molecule has 1 fully saturated rings. The van der Waals surface area contributed by atoms with E-state index in [9.17, 15) is 4.79 Å². The van der Waals surface area contributed by atoms with Crippen LogP contribution in [0.15, 0.2) is 12.4 Å². The Bertz CT molecular complexity index is 720. The molecule has 0 aliphatic carbocycles. The number of imidazole rings is 1. The Kier molecular flexibility index (Phi) is 4.78. The van der Waals surface area contributed by atoms with Crippen molar-refractivity contribution in [2.24, 2.45) is 0 Å². The maximum atomic E-state index is 12.7. The molecule has 2 aromatic rings. The molecule has 0 unspecified atom stereocenters. The van der Waals surface area contributed by atoms with Gasteiger partial charge in [-0.25, -0.2) is 15.0 Å². The van der Waals surface area contributed by atoms with Crippen molar-refractivity contribution in [2.75, 3.05) is 25.0 Å². The van der Waals surface area contributed by atoms with E-state index in [1.165, 1.54) is 19.3 Å². The molecule has 7 heteroatoms. The largest absolute Gasteiger partial charge is 0.345 e. The smallest absolute Gasteiger partial charge is 0.257 e. The Morgan fingerprint density at radius 2 is 1.96 bits per heavy atom. The van der Waals surface area contributed by atoms with E-state index in [1.807, 2.05) is 13.8 Å². The van der Waals surface area contributed by atoms with Crippen LogP contribution >= 0.6 is 0 Å². The second kappa shape index (κ2) is 6.98. The fourth-order valence-corrected chi connectivity index (χ4v) is 2.96. The average molecular weight is 328 g/mol. The number of H-pyrrole nitrogens is 1. The van der Waals surface area contributed by atoms with Crippen LogP contribution in [0.5, 0.6) is 0 Å². The normalized spacial score (nSPS) is 14.7. The average Bonchev–Trinajstić information content (AvgIpc) is 3.00. The summed E-state index contributed by atoms with van der Waals surface area (Å²) < 4.78 is 0. The van der Waals surface area contributed by atoms with Crippen molar-refractivity contribution in [1.82, 2.24) is 24.8 Å². The summed E-state index contributed by atoms with van der Waals surface area (Å²) in [6, 6.07) is 0. The van der Waals surface area contributed by atoms with Gasteiger partial charge in [-0.2, -0.15) is 0 Å². The summed E-state index contributed by atoms with van der Waals surface area (Å²) in [6.45, 7) is 6.22. The Morgan fingerprint density at radius 1 is 1.21 bits per heavy atom. The number of anilines is 1. The monoisotopic (exact) mass is 328 g/mol.